The number of carbonyl (C=O) groups is 4. The number of likely N-dealkylation sites (N-methyl/N-ethyl adjacent to an activating group) is 1. The summed E-state index contributed by atoms with van der Waals surface area (Å²) in [5, 5.41) is 6.07. The molecule has 10 nitrogen and oxygen atoms in total. The average molecular weight is 597 g/mol. The molecule has 0 aliphatic carbocycles. The number of rotatable bonds is 9. The highest BCUT2D eigenvalue weighted by Gasteiger charge is 2.51. The van der Waals surface area contributed by atoms with Crippen LogP contribution in [0.25, 0.3) is 0 Å². The third-order valence-electron chi connectivity index (χ3n) is 8.01. The van der Waals surface area contributed by atoms with Crippen molar-refractivity contribution in [2.75, 3.05) is 31.6 Å². The number of hydrazine groups is 1. The third kappa shape index (κ3) is 6.92. The van der Waals surface area contributed by atoms with Crippen LogP contribution in [0.2, 0.25) is 0 Å². The van der Waals surface area contributed by atoms with Crippen molar-refractivity contribution in [3.05, 3.63) is 102 Å². The van der Waals surface area contributed by atoms with Crippen molar-refractivity contribution in [1.82, 2.24) is 25.1 Å². The van der Waals surface area contributed by atoms with Crippen LogP contribution in [-0.2, 0) is 27.5 Å². The first-order valence-corrected chi connectivity index (χ1v) is 15.0. The minimum Gasteiger partial charge on any atom is -0.333 e. The molecule has 3 aromatic carbocycles. The lowest BCUT2D eigenvalue weighted by atomic mass is 9.97. The van der Waals surface area contributed by atoms with Gasteiger partial charge in [-0.25, -0.2) is 14.8 Å². The summed E-state index contributed by atoms with van der Waals surface area (Å²) in [6.45, 7) is 4.44. The molecule has 10 heteroatoms. The van der Waals surface area contributed by atoms with Gasteiger partial charge in [0.25, 0.3) is 0 Å². The first-order chi connectivity index (χ1) is 21.2. The summed E-state index contributed by atoms with van der Waals surface area (Å²) >= 11 is 0. The fourth-order valence-electron chi connectivity index (χ4n) is 5.92. The van der Waals surface area contributed by atoms with E-state index in [9.17, 15) is 19.2 Å². The Labute approximate surface area is 258 Å². The van der Waals surface area contributed by atoms with Crippen molar-refractivity contribution < 1.29 is 19.2 Å². The summed E-state index contributed by atoms with van der Waals surface area (Å²) in [5.74, 6) is -0.643. The maximum atomic E-state index is 14.0. The summed E-state index contributed by atoms with van der Waals surface area (Å²) < 4.78 is 0. The number of fused-ring (bicyclic) bond motifs is 1. The standard InChI is InChI=1S/C34H40N6O4/c1-25(2)19-29-33(43)37(24-31(41)38(28-17-11-6-12-18-28)21-27-15-9-5-10-16-27)22-30-39(29)32(42)23-36(3)40(30)34(44)35-20-26-13-7-4-8-14-26/h4-18,25,29-30H,19-24H2,1-3H3,(H,35,44)/t29-,30?/m0/s1. The molecule has 1 unspecified atom stereocenters. The predicted molar refractivity (Wildman–Crippen MR) is 168 cm³/mol. The topological polar surface area (TPSA) is 96.5 Å². The van der Waals surface area contributed by atoms with E-state index in [1.807, 2.05) is 105 Å². The van der Waals surface area contributed by atoms with E-state index in [1.165, 1.54) is 9.91 Å². The molecule has 5 amide bonds. The SMILES string of the molecule is CC(C)C[C@H]1C(=O)N(CC(=O)N(Cc2ccccc2)c2ccccc2)CC2N1C(=O)CN(C)N2C(=O)NCc1ccccc1. The Morgan fingerprint density at radius 2 is 1.48 bits per heavy atom. The molecule has 1 N–H and O–H groups in total. The minimum absolute atomic E-state index is 0.0158. The molecule has 5 rings (SSSR count). The first kappa shape index (κ1) is 30.7. The lowest BCUT2D eigenvalue weighted by Crippen LogP contribution is -2.76. The Kier molecular flexibility index (Phi) is 9.59. The van der Waals surface area contributed by atoms with Crippen LogP contribution in [0.15, 0.2) is 91.0 Å². The third-order valence-corrected chi connectivity index (χ3v) is 8.01. The lowest BCUT2D eigenvalue weighted by Gasteiger charge is -2.54. The summed E-state index contributed by atoms with van der Waals surface area (Å²) in [4.78, 5) is 59.8. The summed E-state index contributed by atoms with van der Waals surface area (Å²) in [7, 11) is 1.69. The number of nitrogens with zero attached hydrogens (tertiary/aromatic N) is 5. The van der Waals surface area contributed by atoms with E-state index >= 15 is 0 Å². The molecule has 2 aliphatic heterocycles. The fraction of sp³-hybridized carbons (Fsp3) is 0.353. The Hall–Kier alpha value is -4.70. The van der Waals surface area contributed by atoms with Gasteiger partial charge in [-0.1, -0.05) is 92.7 Å². The summed E-state index contributed by atoms with van der Waals surface area (Å²) in [6.07, 6.45) is -0.341. The second-order valence-corrected chi connectivity index (χ2v) is 11.8. The minimum atomic E-state index is -0.786. The number of carbonyl (C=O) groups excluding carboxylic acids is 4. The molecule has 0 spiro atoms. The van der Waals surface area contributed by atoms with Gasteiger partial charge in [0, 0.05) is 19.3 Å². The Bertz CT molecular complexity index is 1450. The zero-order valence-corrected chi connectivity index (χ0v) is 25.5. The van der Waals surface area contributed by atoms with Crippen molar-refractivity contribution >= 4 is 29.4 Å². The van der Waals surface area contributed by atoms with Gasteiger partial charge in [-0.05, 0) is 35.6 Å². The van der Waals surface area contributed by atoms with Crippen molar-refractivity contribution in [2.45, 2.75) is 45.6 Å². The van der Waals surface area contributed by atoms with E-state index in [4.69, 9.17) is 0 Å². The monoisotopic (exact) mass is 596 g/mol. The highest BCUT2D eigenvalue weighted by Crippen LogP contribution is 2.29. The van der Waals surface area contributed by atoms with Crippen LogP contribution in [0.3, 0.4) is 0 Å². The quantitative estimate of drug-likeness (QED) is 0.407. The van der Waals surface area contributed by atoms with E-state index < -0.39 is 12.2 Å². The number of hydrogen-bond donors (Lipinski definition) is 1. The normalized spacial score (nSPS) is 18.8. The number of nitrogens with one attached hydrogen (secondary N) is 1. The van der Waals surface area contributed by atoms with Crippen molar-refractivity contribution in [3.63, 3.8) is 0 Å². The number of hydrogen-bond acceptors (Lipinski definition) is 5. The molecule has 2 atom stereocenters. The lowest BCUT2D eigenvalue weighted by molar-refractivity contribution is -0.188. The van der Waals surface area contributed by atoms with E-state index in [0.29, 0.717) is 19.5 Å². The van der Waals surface area contributed by atoms with Crippen LogP contribution in [-0.4, -0.2) is 82.5 Å². The van der Waals surface area contributed by atoms with Gasteiger partial charge in [0.15, 0.2) is 0 Å². The number of piperazine rings is 1. The van der Waals surface area contributed by atoms with Gasteiger partial charge in [-0.15, -0.1) is 0 Å². The van der Waals surface area contributed by atoms with Crippen LogP contribution in [0.4, 0.5) is 10.5 Å². The van der Waals surface area contributed by atoms with Crippen molar-refractivity contribution in [2.24, 2.45) is 5.92 Å². The van der Waals surface area contributed by atoms with E-state index in [2.05, 4.69) is 5.32 Å². The molecule has 3 aromatic rings. The average Bonchev–Trinajstić information content (AvgIpc) is 3.02. The van der Waals surface area contributed by atoms with E-state index in [1.54, 1.807) is 21.9 Å². The number of para-hydroxylation sites is 1. The Balaban J connectivity index is 1.42. The van der Waals surface area contributed by atoms with Crippen LogP contribution in [0.5, 0.6) is 0 Å². The van der Waals surface area contributed by atoms with Gasteiger partial charge in [-0.3, -0.25) is 14.4 Å². The van der Waals surface area contributed by atoms with Gasteiger partial charge in [0.2, 0.25) is 17.7 Å². The number of benzene rings is 3. The van der Waals surface area contributed by atoms with Crippen molar-refractivity contribution in [3.8, 4) is 0 Å². The zero-order valence-electron chi connectivity index (χ0n) is 25.5. The molecule has 2 heterocycles. The molecule has 2 fully saturated rings. The Morgan fingerprint density at radius 3 is 2.09 bits per heavy atom. The van der Waals surface area contributed by atoms with Crippen LogP contribution < -0.4 is 10.2 Å². The van der Waals surface area contributed by atoms with Crippen LogP contribution in [0, 0.1) is 5.92 Å². The fourth-order valence-corrected chi connectivity index (χ4v) is 5.92. The number of anilines is 1. The molecule has 44 heavy (non-hydrogen) atoms. The summed E-state index contributed by atoms with van der Waals surface area (Å²) in [5.41, 5.74) is 2.62. The van der Waals surface area contributed by atoms with Gasteiger partial charge < -0.3 is 20.0 Å². The predicted octanol–water partition coefficient (Wildman–Crippen LogP) is 3.70. The highest BCUT2D eigenvalue weighted by molar-refractivity contribution is 5.98. The van der Waals surface area contributed by atoms with Gasteiger partial charge in [-0.2, -0.15) is 0 Å². The van der Waals surface area contributed by atoms with Crippen LogP contribution in [0.1, 0.15) is 31.4 Å². The molecule has 2 saturated heterocycles. The molecular weight excluding hydrogens is 556 g/mol. The second-order valence-electron chi connectivity index (χ2n) is 11.8. The molecule has 0 radical (unpaired) electrons. The van der Waals surface area contributed by atoms with E-state index in [0.717, 1.165) is 16.8 Å². The smallest absolute Gasteiger partial charge is 0.333 e. The largest absolute Gasteiger partial charge is 0.334 e. The maximum Gasteiger partial charge on any atom is 0.334 e. The molecular formula is C34H40N6O4. The highest BCUT2D eigenvalue weighted by atomic mass is 16.2. The van der Waals surface area contributed by atoms with Crippen molar-refractivity contribution in [1.29, 1.82) is 0 Å². The second kappa shape index (κ2) is 13.7. The van der Waals surface area contributed by atoms with E-state index in [-0.39, 0.29) is 49.3 Å². The van der Waals surface area contributed by atoms with Gasteiger partial charge in [0.05, 0.1) is 19.6 Å². The Morgan fingerprint density at radius 1 is 0.886 bits per heavy atom. The molecule has 0 saturated carbocycles. The molecule has 2 aliphatic rings. The molecule has 0 aromatic heterocycles. The summed E-state index contributed by atoms with van der Waals surface area (Å²) in [6, 6.07) is 27.5. The first-order valence-electron chi connectivity index (χ1n) is 15.0. The van der Waals surface area contributed by atoms with Gasteiger partial charge >= 0.3 is 6.03 Å². The molecule has 0 bridgehead atoms. The molecule has 230 valence electrons. The maximum absolute atomic E-state index is 14.0. The van der Waals surface area contributed by atoms with Gasteiger partial charge in [0.1, 0.15) is 18.8 Å². The number of urea groups is 1. The zero-order chi connectivity index (χ0) is 31.2. The number of amides is 5. The van der Waals surface area contributed by atoms with Crippen LogP contribution >= 0.6 is 0 Å².